The van der Waals surface area contributed by atoms with Gasteiger partial charge in [0.05, 0.1) is 26.4 Å². The van der Waals surface area contributed by atoms with Crippen LogP contribution in [0, 0.1) is 0 Å². The summed E-state index contributed by atoms with van der Waals surface area (Å²) in [6, 6.07) is 0. The van der Waals surface area contributed by atoms with Gasteiger partial charge in [-0.3, -0.25) is 0 Å². The number of hydrogen-bond donors (Lipinski definition) is 0. The van der Waals surface area contributed by atoms with Crippen molar-refractivity contribution in [3.05, 3.63) is 17.7 Å². The van der Waals surface area contributed by atoms with Crippen molar-refractivity contribution in [2.24, 2.45) is 0 Å². The Morgan fingerprint density at radius 3 is 1.48 bits per heavy atom. The molecular weight excluding hydrogens is 348 g/mol. The average Bonchev–Trinajstić information content (AvgIpc) is 2.63. The lowest BCUT2D eigenvalue weighted by molar-refractivity contribution is -0.130. The molecule has 0 saturated heterocycles. The van der Waals surface area contributed by atoms with Crippen molar-refractivity contribution >= 4 is 5.97 Å². The van der Waals surface area contributed by atoms with Gasteiger partial charge in [-0.15, -0.1) is 0 Å². The molecular formula is C21H32O6. The molecule has 0 unspecified atom stereocenters. The van der Waals surface area contributed by atoms with Crippen LogP contribution in [0.25, 0.3) is 0 Å². The number of benzene rings is 1. The maximum absolute atomic E-state index is 12.3. The number of carbonyl (C=O) groups is 1. The maximum atomic E-state index is 12.3. The highest BCUT2D eigenvalue weighted by Crippen LogP contribution is 2.54. The van der Waals surface area contributed by atoms with Crippen LogP contribution in [0.2, 0.25) is 0 Å². The van der Waals surface area contributed by atoms with Gasteiger partial charge in [0.2, 0.25) is 17.2 Å². The van der Waals surface area contributed by atoms with Gasteiger partial charge < -0.3 is 23.7 Å². The zero-order valence-corrected chi connectivity index (χ0v) is 17.4. The minimum atomic E-state index is -0.565. The molecule has 0 saturated carbocycles. The molecule has 1 aromatic rings. The maximum Gasteiger partial charge on any atom is 0.338 e. The van der Waals surface area contributed by atoms with Gasteiger partial charge in [0.1, 0.15) is 0 Å². The monoisotopic (exact) mass is 380 g/mol. The summed E-state index contributed by atoms with van der Waals surface area (Å²) in [6.07, 6.45) is 1.59. The van der Waals surface area contributed by atoms with E-state index in [0.29, 0.717) is 55.8 Å². The summed E-state index contributed by atoms with van der Waals surface area (Å²) in [5.74, 6) is 1.35. The molecule has 0 spiro atoms. The Morgan fingerprint density at radius 1 is 0.741 bits per heavy atom. The topological polar surface area (TPSA) is 63.2 Å². The van der Waals surface area contributed by atoms with Crippen LogP contribution in [0.1, 0.15) is 53.5 Å². The predicted molar refractivity (Wildman–Crippen MR) is 106 cm³/mol. The molecule has 0 aromatic heterocycles. The van der Waals surface area contributed by atoms with Crippen molar-refractivity contribution in [2.45, 2.75) is 54.4 Å². The van der Waals surface area contributed by atoms with Gasteiger partial charge in [0.25, 0.3) is 0 Å². The third-order valence-electron chi connectivity index (χ3n) is 3.57. The van der Waals surface area contributed by atoms with E-state index in [0.717, 1.165) is 12.0 Å². The molecule has 0 bridgehead atoms. The SMILES string of the molecule is C=C(C)C(=O)Oc1c(OCC)c(OCC)c(CCC)c(OCC)c1OCC. The van der Waals surface area contributed by atoms with E-state index < -0.39 is 5.97 Å². The normalized spacial score (nSPS) is 10.3. The molecule has 0 heterocycles. The van der Waals surface area contributed by atoms with Gasteiger partial charge in [-0.1, -0.05) is 19.9 Å². The number of ether oxygens (including phenoxy) is 5. The first-order chi connectivity index (χ1) is 13.0. The van der Waals surface area contributed by atoms with Crippen LogP contribution in [0.3, 0.4) is 0 Å². The minimum Gasteiger partial charge on any atom is -0.489 e. The molecule has 152 valence electrons. The average molecular weight is 380 g/mol. The second-order valence-electron chi connectivity index (χ2n) is 5.78. The number of hydrogen-bond acceptors (Lipinski definition) is 6. The quantitative estimate of drug-likeness (QED) is 0.297. The van der Waals surface area contributed by atoms with Gasteiger partial charge in [-0.2, -0.15) is 0 Å². The van der Waals surface area contributed by atoms with E-state index in [1.807, 2.05) is 27.7 Å². The fourth-order valence-corrected chi connectivity index (χ4v) is 2.58. The molecule has 6 nitrogen and oxygen atoms in total. The van der Waals surface area contributed by atoms with Crippen LogP contribution in [0.4, 0.5) is 0 Å². The molecule has 0 aliphatic rings. The van der Waals surface area contributed by atoms with Crippen molar-refractivity contribution < 1.29 is 28.5 Å². The fourth-order valence-electron chi connectivity index (χ4n) is 2.58. The Hall–Kier alpha value is -2.37. The zero-order chi connectivity index (χ0) is 20.4. The standard InChI is InChI=1S/C21H32O6/c1-8-13-15-16(23-9-2)18(25-11-4)20(27-21(22)14(6)7)19(26-12-5)17(15)24-10-3/h6,8-13H2,1-5,7H3. The molecule has 0 radical (unpaired) electrons. The largest absolute Gasteiger partial charge is 0.489 e. The van der Waals surface area contributed by atoms with Crippen molar-refractivity contribution in [1.29, 1.82) is 0 Å². The Bertz CT molecular complexity index is 614. The van der Waals surface area contributed by atoms with Crippen LogP contribution in [0.5, 0.6) is 28.7 Å². The Morgan fingerprint density at radius 2 is 1.15 bits per heavy atom. The Labute approximate surface area is 162 Å². The summed E-state index contributed by atoms with van der Waals surface area (Å²) >= 11 is 0. The van der Waals surface area contributed by atoms with E-state index in [4.69, 9.17) is 23.7 Å². The molecule has 0 N–H and O–H groups in total. The Kier molecular flexibility index (Phi) is 9.54. The fraction of sp³-hybridized carbons (Fsp3) is 0.571. The first-order valence-electron chi connectivity index (χ1n) is 9.58. The number of carbonyl (C=O) groups excluding carboxylic acids is 1. The summed E-state index contributed by atoms with van der Waals surface area (Å²) in [5.41, 5.74) is 1.12. The molecule has 0 fully saturated rings. The lowest BCUT2D eigenvalue weighted by atomic mass is 10.0. The number of rotatable bonds is 12. The van der Waals surface area contributed by atoms with E-state index in [-0.39, 0.29) is 11.3 Å². The van der Waals surface area contributed by atoms with Crippen LogP contribution < -0.4 is 23.7 Å². The zero-order valence-electron chi connectivity index (χ0n) is 17.4. The summed E-state index contributed by atoms with van der Waals surface area (Å²) in [5, 5.41) is 0. The molecule has 0 atom stereocenters. The van der Waals surface area contributed by atoms with Gasteiger partial charge >= 0.3 is 5.97 Å². The van der Waals surface area contributed by atoms with Gasteiger partial charge in [-0.05, 0) is 41.0 Å². The second-order valence-corrected chi connectivity index (χ2v) is 5.78. The highest BCUT2D eigenvalue weighted by molar-refractivity contribution is 5.90. The third-order valence-corrected chi connectivity index (χ3v) is 3.57. The Balaban J connectivity index is 3.85. The predicted octanol–water partition coefficient (Wildman–Crippen LogP) is 4.72. The van der Waals surface area contributed by atoms with E-state index in [9.17, 15) is 4.79 Å². The van der Waals surface area contributed by atoms with Crippen molar-refractivity contribution in [2.75, 3.05) is 26.4 Å². The van der Waals surface area contributed by atoms with E-state index in [2.05, 4.69) is 13.5 Å². The van der Waals surface area contributed by atoms with Gasteiger partial charge in [0.15, 0.2) is 11.5 Å². The highest BCUT2D eigenvalue weighted by Gasteiger charge is 2.31. The molecule has 1 rings (SSSR count). The highest BCUT2D eigenvalue weighted by atomic mass is 16.6. The second kappa shape index (κ2) is 11.4. The van der Waals surface area contributed by atoms with Crippen LogP contribution in [-0.4, -0.2) is 32.4 Å². The molecule has 1 aromatic carbocycles. The van der Waals surface area contributed by atoms with Crippen molar-refractivity contribution in [3.8, 4) is 28.7 Å². The molecule has 27 heavy (non-hydrogen) atoms. The lowest BCUT2D eigenvalue weighted by Crippen LogP contribution is -2.14. The molecule has 0 amide bonds. The van der Waals surface area contributed by atoms with E-state index in [1.54, 1.807) is 6.92 Å². The first-order valence-corrected chi connectivity index (χ1v) is 9.58. The van der Waals surface area contributed by atoms with Gasteiger partial charge in [-0.25, -0.2) is 4.79 Å². The third kappa shape index (κ3) is 5.55. The smallest absolute Gasteiger partial charge is 0.338 e. The minimum absolute atomic E-state index is 0.165. The van der Waals surface area contributed by atoms with Crippen LogP contribution in [0.15, 0.2) is 12.2 Å². The van der Waals surface area contributed by atoms with Crippen LogP contribution in [-0.2, 0) is 11.2 Å². The molecule has 0 aliphatic carbocycles. The summed E-state index contributed by atoms with van der Waals surface area (Å²) in [4.78, 5) is 12.3. The van der Waals surface area contributed by atoms with Crippen LogP contribution >= 0.6 is 0 Å². The van der Waals surface area contributed by atoms with Gasteiger partial charge in [0, 0.05) is 11.1 Å². The summed E-state index contributed by atoms with van der Waals surface area (Å²) < 4.78 is 29.1. The molecule has 6 heteroatoms. The van der Waals surface area contributed by atoms with Crippen molar-refractivity contribution in [1.82, 2.24) is 0 Å². The lowest BCUT2D eigenvalue weighted by Gasteiger charge is -2.24. The summed E-state index contributed by atoms with van der Waals surface area (Å²) in [7, 11) is 0. The molecule has 0 aliphatic heterocycles. The first kappa shape index (κ1) is 22.7. The van der Waals surface area contributed by atoms with Crippen molar-refractivity contribution in [3.63, 3.8) is 0 Å². The summed E-state index contributed by atoms with van der Waals surface area (Å²) in [6.45, 7) is 16.4. The number of esters is 1. The van der Waals surface area contributed by atoms with E-state index >= 15 is 0 Å². The van der Waals surface area contributed by atoms with E-state index in [1.165, 1.54) is 0 Å².